The van der Waals surface area contributed by atoms with E-state index in [1.165, 1.54) is 39.6 Å². The minimum atomic E-state index is -2.79. The van der Waals surface area contributed by atoms with Crippen LogP contribution in [0.4, 0.5) is 0 Å². The molecule has 4 aliphatic heterocycles. The van der Waals surface area contributed by atoms with Crippen molar-refractivity contribution in [2.75, 3.05) is 20.1 Å². The van der Waals surface area contributed by atoms with Crippen LogP contribution in [-0.2, 0) is 47.8 Å². The number of esters is 1. The number of ether oxygens (including phenoxy) is 2. The van der Waals surface area contributed by atoms with Crippen molar-refractivity contribution in [3.8, 4) is 0 Å². The zero-order valence-corrected chi connectivity index (χ0v) is 41.6. The number of hydrogen-bond donors (Lipinski definition) is 7. The fraction of sp³-hybridized carbons (Fsp3) is 0.745. The van der Waals surface area contributed by atoms with Crippen LogP contribution in [0.1, 0.15) is 121 Å². The van der Waals surface area contributed by atoms with E-state index in [2.05, 4.69) is 16.1 Å². The molecule has 4 rings (SSSR count). The van der Waals surface area contributed by atoms with Gasteiger partial charge < -0.3 is 45.2 Å². The summed E-state index contributed by atoms with van der Waals surface area (Å²) >= 11 is 0. The number of carbonyl (C=O) groups excluding carboxylic acids is 8. The molecular weight excluding hydrogens is 887 g/mol. The number of hydrazine groups is 1. The van der Waals surface area contributed by atoms with Gasteiger partial charge in [0.25, 0.3) is 17.7 Å². The number of ketones is 1. The Morgan fingerprint density at radius 3 is 2.16 bits per heavy atom. The fourth-order valence-corrected chi connectivity index (χ4v) is 9.45. The van der Waals surface area contributed by atoms with E-state index in [1.807, 2.05) is 6.92 Å². The van der Waals surface area contributed by atoms with E-state index >= 15 is 4.79 Å². The molecule has 21 nitrogen and oxygen atoms in total. The molecule has 4 saturated heterocycles. The second kappa shape index (κ2) is 22.7. The first-order valence-corrected chi connectivity index (χ1v) is 23.8. The molecule has 0 aromatic carbocycles. The normalized spacial score (nSPS) is 33.1. The standard InChI is InChI=1S/C47H75N7O14/c1-13-25(5)36(56)27(7)23-28(8)38-26(6)19-20-47(65,68-38)46(64,14-2)45(63)50-35-37(24(3)4)67-44(62)34(31(11)55)49-39(57)32-18-16-22-52(32)41(59)29(9)51(12)40(58)30(10)54(66)42(60)33-17-15-21-48-53(33)43(35)61/h13,23-24,26-27,29-35,37-38,48,55,64-66H,14-22H2,1-12H3,(H,49,57)(H,50,63)/b25-13+,28-23+/t26-,27-,29+,30-,31-,32-,33+,34?,35-,37-,38-,46-,47+/m0/s1. The second-order valence-electron chi connectivity index (χ2n) is 19.4. The molecule has 0 spiro atoms. The number of fused-ring (bicyclic) bond motifs is 2. The predicted octanol–water partition coefficient (Wildman–Crippen LogP) is 0.621. The average Bonchev–Trinajstić information content (AvgIpc) is 3.82. The minimum absolute atomic E-state index is 0.0585. The van der Waals surface area contributed by atoms with Crippen molar-refractivity contribution in [1.82, 2.24) is 35.9 Å². The third-order valence-electron chi connectivity index (χ3n) is 14.2. The Hall–Kier alpha value is -4.80. The maximum Gasteiger partial charge on any atom is 0.331 e. The van der Waals surface area contributed by atoms with Crippen LogP contribution in [0.5, 0.6) is 0 Å². The Kier molecular flexibility index (Phi) is 18.7. The van der Waals surface area contributed by atoms with Crippen molar-refractivity contribution < 1.29 is 68.4 Å². The van der Waals surface area contributed by atoms with E-state index in [4.69, 9.17) is 9.47 Å². The summed E-state index contributed by atoms with van der Waals surface area (Å²) in [4.78, 5) is 115. The van der Waals surface area contributed by atoms with E-state index in [0.717, 1.165) is 9.91 Å². The summed E-state index contributed by atoms with van der Waals surface area (Å²) in [5, 5.41) is 53.0. The maximum absolute atomic E-state index is 15.1. The van der Waals surface area contributed by atoms with E-state index in [-0.39, 0.29) is 55.5 Å². The van der Waals surface area contributed by atoms with Gasteiger partial charge in [0.1, 0.15) is 36.3 Å². The largest absolute Gasteiger partial charge is 0.458 e. The number of hydroxylamine groups is 2. The lowest BCUT2D eigenvalue weighted by Gasteiger charge is -2.49. The molecule has 13 atom stereocenters. The lowest BCUT2D eigenvalue weighted by Crippen LogP contribution is -2.71. The van der Waals surface area contributed by atoms with Gasteiger partial charge in [0.2, 0.25) is 23.5 Å². The summed E-state index contributed by atoms with van der Waals surface area (Å²) in [5.74, 6) is -11.5. The van der Waals surface area contributed by atoms with Gasteiger partial charge in [0.05, 0.1) is 12.2 Å². The van der Waals surface area contributed by atoms with Gasteiger partial charge in [-0.25, -0.2) is 15.3 Å². The van der Waals surface area contributed by atoms with Crippen LogP contribution in [0.2, 0.25) is 0 Å². The van der Waals surface area contributed by atoms with Crippen LogP contribution in [0.15, 0.2) is 23.3 Å². The van der Waals surface area contributed by atoms with E-state index in [1.54, 1.807) is 53.7 Å². The summed E-state index contributed by atoms with van der Waals surface area (Å²) in [6.45, 7) is 17.3. The van der Waals surface area contributed by atoms with Gasteiger partial charge in [-0.3, -0.25) is 43.8 Å². The Morgan fingerprint density at radius 2 is 1.57 bits per heavy atom. The number of rotatable bonds is 10. The fourth-order valence-electron chi connectivity index (χ4n) is 9.45. The van der Waals surface area contributed by atoms with Crippen molar-refractivity contribution in [2.24, 2.45) is 17.8 Å². The number of allylic oxidation sites excluding steroid dienone is 3. The van der Waals surface area contributed by atoms with Gasteiger partial charge in [-0.1, -0.05) is 46.8 Å². The summed E-state index contributed by atoms with van der Waals surface area (Å²) < 4.78 is 12.2. The van der Waals surface area contributed by atoms with Gasteiger partial charge in [-0.05, 0) is 103 Å². The van der Waals surface area contributed by atoms with E-state index in [9.17, 15) is 54.1 Å². The number of amides is 6. The van der Waals surface area contributed by atoms with Crippen molar-refractivity contribution in [3.63, 3.8) is 0 Å². The molecule has 0 aliphatic carbocycles. The highest BCUT2D eigenvalue weighted by Gasteiger charge is 2.59. The first-order chi connectivity index (χ1) is 31.7. The molecular formula is C47H75N7O14. The van der Waals surface area contributed by atoms with Gasteiger partial charge in [0, 0.05) is 32.5 Å². The molecule has 21 heteroatoms. The topological polar surface area (TPSA) is 285 Å². The lowest BCUT2D eigenvalue weighted by atomic mass is 9.78. The molecule has 382 valence electrons. The number of nitrogens with zero attached hydrogens (tertiary/aromatic N) is 4. The molecule has 0 aromatic heterocycles. The van der Waals surface area contributed by atoms with Crippen LogP contribution in [0.3, 0.4) is 0 Å². The number of hydrogen-bond acceptors (Lipinski definition) is 15. The van der Waals surface area contributed by atoms with Crippen LogP contribution in [-0.4, -0.2) is 174 Å². The highest BCUT2D eigenvalue weighted by Crippen LogP contribution is 2.42. The minimum Gasteiger partial charge on any atom is -0.458 e. The summed E-state index contributed by atoms with van der Waals surface area (Å²) in [7, 11) is 1.30. The van der Waals surface area contributed by atoms with Crippen LogP contribution in [0, 0.1) is 17.8 Å². The van der Waals surface area contributed by atoms with Crippen molar-refractivity contribution in [2.45, 2.75) is 187 Å². The molecule has 0 radical (unpaired) electrons. The molecule has 0 bridgehead atoms. The predicted molar refractivity (Wildman–Crippen MR) is 244 cm³/mol. The Bertz CT molecular complexity index is 1990. The lowest BCUT2D eigenvalue weighted by molar-refractivity contribution is -0.325. The molecule has 0 aromatic rings. The number of Topliss-reactive ketones (excluding diaryl/α,β-unsaturated/α-hetero) is 1. The maximum atomic E-state index is 15.1. The highest BCUT2D eigenvalue weighted by molar-refractivity contribution is 5.98. The van der Waals surface area contributed by atoms with Crippen LogP contribution >= 0.6 is 0 Å². The molecule has 1 unspecified atom stereocenters. The quantitative estimate of drug-likeness (QED) is 0.0684. The molecule has 0 saturated carbocycles. The van der Waals surface area contributed by atoms with Gasteiger partial charge in [-0.2, -0.15) is 0 Å². The third kappa shape index (κ3) is 11.4. The molecule has 7 N–H and O–H groups in total. The number of nitrogens with one attached hydrogen (secondary N) is 3. The number of likely N-dealkylation sites (N-methyl/N-ethyl adjacent to an activating group) is 1. The van der Waals surface area contributed by atoms with E-state index < -0.39 is 126 Å². The van der Waals surface area contributed by atoms with Crippen molar-refractivity contribution in [3.05, 3.63) is 23.3 Å². The molecule has 68 heavy (non-hydrogen) atoms. The molecule has 4 aliphatic rings. The third-order valence-corrected chi connectivity index (χ3v) is 14.2. The number of carbonyl (C=O) groups is 8. The monoisotopic (exact) mass is 962 g/mol. The van der Waals surface area contributed by atoms with Crippen LogP contribution in [0.25, 0.3) is 0 Å². The first kappa shape index (κ1) is 55.8. The van der Waals surface area contributed by atoms with Gasteiger partial charge in [0.15, 0.2) is 17.4 Å². The number of aliphatic hydroxyl groups is 3. The molecule has 4 heterocycles. The number of aliphatic hydroxyl groups excluding tert-OH is 1. The average molecular weight is 962 g/mol. The Morgan fingerprint density at radius 1 is 0.941 bits per heavy atom. The van der Waals surface area contributed by atoms with Gasteiger partial charge >= 0.3 is 5.97 Å². The summed E-state index contributed by atoms with van der Waals surface area (Å²) in [6, 6.07) is -9.20. The summed E-state index contributed by atoms with van der Waals surface area (Å²) in [6.07, 6.45) is -0.429. The molecule has 4 fully saturated rings. The first-order valence-electron chi connectivity index (χ1n) is 23.8. The number of cyclic esters (lactones) is 1. The smallest absolute Gasteiger partial charge is 0.331 e. The Labute approximate surface area is 398 Å². The van der Waals surface area contributed by atoms with E-state index in [0.29, 0.717) is 24.0 Å². The molecule has 6 amide bonds. The van der Waals surface area contributed by atoms with Gasteiger partial charge in [-0.15, -0.1) is 0 Å². The van der Waals surface area contributed by atoms with Crippen LogP contribution < -0.4 is 16.1 Å². The Balaban J connectivity index is 1.84. The summed E-state index contributed by atoms with van der Waals surface area (Å²) in [5.41, 5.74) is 1.15. The van der Waals surface area contributed by atoms with Crippen molar-refractivity contribution in [1.29, 1.82) is 0 Å². The highest BCUT2D eigenvalue weighted by atomic mass is 16.7. The SMILES string of the molecule is C/C=C(\C)C(=O)[C@@H](C)/C=C(\C)[C@H]1O[C@@](O)([C@](O)(CC)C(=O)N[C@@H]2C(=O)N3NCCC[C@@H]3C(=O)N(O)[C@@H](C)C(=O)N(C)[C@H](C)C(=O)N3CCC[C@H]3C(=O)NC([C@H](C)O)C(=O)O[C@H]2C(C)C)CC[C@@H]1C. The zero-order valence-electron chi connectivity index (χ0n) is 41.6. The second-order valence-corrected chi connectivity index (χ2v) is 19.4. The van der Waals surface area contributed by atoms with Crippen molar-refractivity contribution >= 4 is 47.2 Å². The zero-order chi connectivity index (χ0) is 51.3.